The molecule has 0 aliphatic carbocycles. The van der Waals surface area contributed by atoms with Crippen molar-refractivity contribution in [3.05, 3.63) is 27.7 Å². The number of hydrogen-bond acceptors (Lipinski definition) is 2. The maximum Gasteiger partial charge on any atom is 0.325 e. The number of nitrogens with one attached hydrogen (secondary N) is 2. The predicted octanol–water partition coefficient (Wildman–Crippen LogP) is 3.91. The third kappa shape index (κ3) is 4.87. The minimum atomic E-state index is -0.630. The molecule has 0 aliphatic rings. The summed E-state index contributed by atoms with van der Waals surface area (Å²) in [5.74, 6) is -0.433. The van der Waals surface area contributed by atoms with E-state index in [9.17, 15) is 9.59 Å². The summed E-state index contributed by atoms with van der Waals surface area (Å²) in [6, 6.07) is 4.38. The number of amides is 3. The van der Waals surface area contributed by atoms with Crippen LogP contribution >= 0.6 is 59.4 Å². The minimum Gasteiger partial charge on any atom is -0.306 e. The van der Waals surface area contributed by atoms with Crippen molar-refractivity contribution >= 4 is 77.0 Å². The second kappa shape index (κ2) is 7.47. The Kier molecular flexibility index (Phi) is 6.62. The van der Waals surface area contributed by atoms with Crippen molar-refractivity contribution in [3.8, 4) is 0 Å². The first-order valence-electron chi connectivity index (χ1n) is 4.71. The molecule has 18 heavy (non-hydrogen) atoms. The molecular weight excluding hydrogens is 455 g/mol. The molecule has 0 fully saturated rings. The van der Waals surface area contributed by atoms with Gasteiger partial charge in [-0.1, -0.05) is 59.4 Å². The molecule has 98 valence electrons. The Labute approximate surface area is 134 Å². The number of carbonyl (C=O) groups is 2. The van der Waals surface area contributed by atoms with E-state index in [1.807, 2.05) is 0 Å². The van der Waals surface area contributed by atoms with Crippen LogP contribution in [-0.2, 0) is 4.79 Å². The largest absolute Gasteiger partial charge is 0.325 e. The van der Waals surface area contributed by atoms with Gasteiger partial charge in [-0.05, 0) is 18.2 Å². The Morgan fingerprint density at radius 1 is 1.39 bits per heavy atom. The minimum absolute atomic E-state index is 0.378. The van der Waals surface area contributed by atoms with Gasteiger partial charge in [-0.3, -0.25) is 10.1 Å². The summed E-state index contributed by atoms with van der Waals surface area (Å²) in [5.41, 5.74) is 0.426. The van der Waals surface area contributed by atoms with Crippen LogP contribution in [-0.4, -0.2) is 22.1 Å². The molecule has 0 saturated heterocycles. The molecule has 0 aliphatic heterocycles. The summed E-state index contributed by atoms with van der Waals surface area (Å²) in [5, 5.41) is 5.46. The number of benzene rings is 1. The van der Waals surface area contributed by atoms with E-state index in [1.54, 1.807) is 18.2 Å². The van der Waals surface area contributed by atoms with Crippen LogP contribution in [0.3, 0.4) is 0 Å². The van der Waals surface area contributed by atoms with Crippen molar-refractivity contribution < 1.29 is 9.59 Å². The molecule has 1 aromatic rings. The number of hydrogen-bond donors (Lipinski definition) is 2. The van der Waals surface area contributed by atoms with Crippen molar-refractivity contribution in [1.29, 1.82) is 0 Å². The van der Waals surface area contributed by atoms with Gasteiger partial charge in [-0.25, -0.2) is 4.79 Å². The van der Waals surface area contributed by atoms with Crippen molar-refractivity contribution in [3.63, 3.8) is 0 Å². The van der Waals surface area contributed by atoms with Gasteiger partial charge in [0.05, 0.1) is 10.7 Å². The highest BCUT2D eigenvalue weighted by Gasteiger charge is 2.16. The third-order valence-electron chi connectivity index (χ3n) is 1.84. The van der Waals surface area contributed by atoms with E-state index in [0.717, 1.165) is 4.47 Å². The molecule has 0 heterocycles. The summed E-state index contributed by atoms with van der Waals surface area (Å²) < 4.78 is 0.800. The van der Waals surface area contributed by atoms with Gasteiger partial charge in [0.25, 0.3) is 0 Å². The summed E-state index contributed by atoms with van der Waals surface area (Å²) in [6.45, 7) is 0. The maximum absolute atomic E-state index is 11.5. The summed E-state index contributed by atoms with van der Waals surface area (Å²) in [6.07, 6.45) is 0. The van der Waals surface area contributed by atoms with Crippen molar-refractivity contribution in [2.24, 2.45) is 0 Å². The molecule has 1 atom stereocenters. The Hall–Kier alpha value is -0.110. The molecular formula is C10H8Br3ClN2O2. The number of rotatable bonds is 3. The lowest BCUT2D eigenvalue weighted by molar-refractivity contribution is -0.118. The SMILES string of the molecule is O=C(NC(=O)C(Br)CBr)Nc1ccc(Br)cc1Cl. The van der Waals surface area contributed by atoms with Crippen LogP contribution in [0.4, 0.5) is 10.5 Å². The molecule has 1 aromatic carbocycles. The summed E-state index contributed by atoms with van der Waals surface area (Å²) >= 11 is 15.4. The number of anilines is 1. The fraction of sp³-hybridized carbons (Fsp3) is 0.200. The molecule has 2 N–H and O–H groups in total. The van der Waals surface area contributed by atoms with Crippen LogP contribution in [0.15, 0.2) is 22.7 Å². The number of carbonyl (C=O) groups excluding carboxylic acids is 2. The van der Waals surface area contributed by atoms with E-state index in [-0.39, 0.29) is 0 Å². The molecule has 3 amide bonds. The first-order valence-corrected chi connectivity index (χ1v) is 7.91. The van der Waals surface area contributed by atoms with Crippen molar-refractivity contribution in [2.75, 3.05) is 10.6 Å². The second-order valence-corrected chi connectivity index (χ2v) is 6.27. The smallest absolute Gasteiger partial charge is 0.306 e. The molecule has 1 unspecified atom stereocenters. The van der Waals surface area contributed by atoms with E-state index in [2.05, 4.69) is 58.4 Å². The molecule has 0 bridgehead atoms. The molecule has 0 radical (unpaired) electrons. The van der Waals surface area contributed by atoms with Gasteiger partial charge in [0.2, 0.25) is 5.91 Å². The van der Waals surface area contributed by atoms with E-state index in [4.69, 9.17) is 11.6 Å². The van der Waals surface area contributed by atoms with E-state index < -0.39 is 16.8 Å². The molecule has 1 rings (SSSR count). The first-order chi connectivity index (χ1) is 8.43. The second-order valence-electron chi connectivity index (χ2n) is 3.19. The van der Waals surface area contributed by atoms with Gasteiger partial charge >= 0.3 is 6.03 Å². The predicted molar refractivity (Wildman–Crippen MR) is 82.8 cm³/mol. The number of imide groups is 1. The third-order valence-corrected chi connectivity index (χ3v) is 4.90. The quantitative estimate of drug-likeness (QED) is 0.668. The summed E-state index contributed by atoms with van der Waals surface area (Å²) in [7, 11) is 0. The van der Waals surface area contributed by atoms with Crippen molar-refractivity contribution in [1.82, 2.24) is 5.32 Å². The van der Waals surface area contributed by atoms with Gasteiger partial charge in [-0.2, -0.15) is 0 Å². The van der Waals surface area contributed by atoms with Crippen molar-refractivity contribution in [2.45, 2.75) is 4.83 Å². The molecule has 0 spiro atoms. The molecule has 0 aromatic heterocycles. The van der Waals surface area contributed by atoms with Crippen LogP contribution in [0.2, 0.25) is 5.02 Å². The van der Waals surface area contributed by atoms with Gasteiger partial charge in [0, 0.05) is 9.80 Å². The highest BCUT2D eigenvalue weighted by molar-refractivity contribution is 9.12. The Bertz CT molecular complexity index is 470. The zero-order valence-corrected chi connectivity index (χ0v) is 14.4. The van der Waals surface area contributed by atoms with Crippen LogP contribution in [0, 0.1) is 0 Å². The Balaban J connectivity index is 2.62. The van der Waals surface area contributed by atoms with Gasteiger partial charge in [-0.15, -0.1) is 0 Å². The van der Waals surface area contributed by atoms with Crippen LogP contribution in [0.25, 0.3) is 0 Å². The monoisotopic (exact) mass is 460 g/mol. The van der Waals surface area contributed by atoms with Crippen LogP contribution in [0.1, 0.15) is 0 Å². The van der Waals surface area contributed by atoms with Crippen LogP contribution < -0.4 is 10.6 Å². The van der Waals surface area contributed by atoms with Gasteiger partial charge < -0.3 is 5.32 Å². The number of urea groups is 1. The average molecular weight is 463 g/mol. The highest BCUT2D eigenvalue weighted by Crippen LogP contribution is 2.25. The Morgan fingerprint density at radius 3 is 2.61 bits per heavy atom. The van der Waals surface area contributed by atoms with E-state index in [1.165, 1.54) is 0 Å². The maximum atomic E-state index is 11.5. The topological polar surface area (TPSA) is 58.2 Å². The lowest BCUT2D eigenvalue weighted by Gasteiger charge is -2.10. The first kappa shape index (κ1) is 15.9. The van der Waals surface area contributed by atoms with E-state index in [0.29, 0.717) is 16.0 Å². The lowest BCUT2D eigenvalue weighted by Crippen LogP contribution is -2.39. The average Bonchev–Trinajstić information content (AvgIpc) is 2.31. The lowest BCUT2D eigenvalue weighted by atomic mass is 10.3. The molecule has 0 saturated carbocycles. The van der Waals surface area contributed by atoms with Gasteiger partial charge in [0.15, 0.2) is 0 Å². The van der Waals surface area contributed by atoms with E-state index >= 15 is 0 Å². The Morgan fingerprint density at radius 2 is 2.06 bits per heavy atom. The fourth-order valence-electron chi connectivity index (χ4n) is 1.00. The normalized spacial score (nSPS) is 11.8. The fourth-order valence-corrected chi connectivity index (χ4v) is 2.13. The zero-order chi connectivity index (χ0) is 13.7. The van der Waals surface area contributed by atoms with Gasteiger partial charge in [0.1, 0.15) is 4.83 Å². The highest BCUT2D eigenvalue weighted by atomic mass is 79.9. The summed E-state index contributed by atoms with van der Waals surface area (Å²) in [4.78, 5) is 22.5. The number of halogens is 4. The molecule has 8 heteroatoms. The zero-order valence-electron chi connectivity index (χ0n) is 8.84. The van der Waals surface area contributed by atoms with Crippen LogP contribution in [0.5, 0.6) is 0 Å². The number of alkyl halides is 2. The standard InChI is InChI=1S/C10H8Br3ClN2O2/c11-4-6(13)9(17)16-10(18)15-8-2-1-5(12)3-7(8)14/h1-3,6H,4H2,(H2,15,16,17,18). The molecule has 4 nitrogen and oxygen atoms in total.